The van der Waals surface area contributed by atoms with Crippen LogP contribution in [0.5, 0.6) is 0 Å². The number of hydrogen-bond acceptors (Lipinski definition) is 2. The molecule has 1 aromatic carbocycles. The largest absolute Gasteiger partial charge is 0.387 e. The average molecular weight is 249 g/mol. The highest BCUT2D eigenvalue weighted by molar-refractivity contribution is 5.25. The molecule has 0 bridgehead atoms. The summed E-state index contributed by atoms with van der Waals surface area (Å²) >= 11 is 0. The number of aliphatic hydroxyl groups is 1. The van der Waals surface area contributed by atoms with E-state index in [0.29, 0.717) is 11.8 Å². The van der Waals surface area contributed by atoms with E-state index in [0.717, 1.165) is 18.4 Å². The summed E-state index contributed by atoms with van der Waals surface area (Å²) in [5, 5.41) is 10.2. The van der Waals surface area contributed by atoms with E-state index in [-0.39, 0.29) is 6.04 Å². The van der Waals surface area contributed by atoms with E-state index >= 15 is 0 Å². The molecule has 2 heteroatoms. The van der Waals surface area contributed by atoms with E-state index in [1.807, 2.05) is 12.1 Å². The molecule has 1 aromatic rings. The summed E-state index contributed by atoms with van der Waals surface area (Å²) in [7, 11) is 0. The second-order valence-electron chi connectivity index (χ2n) is 6.08. The highest BCUT2D eigenvalue weighted by Crippen LogP contribution is 2.21. The van der Waals surface area contributed by atoms with Crippen LogP contribution in [0.25, 0.3) is 0 Å². The molecule has 102 valence electrons. The Labute approximate surface area is 111 Å². The molecule has 2 nitrogen and oxygen atoms in total. The van der Waals surface area contributed by atoms with Gasteiger partial charge in [-0.1, -0.05) is 52.0 Å². The van der Waals surface area contributed by atoms with Gasteiger partial charge in [-0.25, -0.2) is 0 Å². The molecule has 2 unspecified atom stereocenters. The fourth-order valence-corrected chi connectivity index (χ4v) is 2.24. The van der Waals surface area contributed by atoms with Gasteiger partial charge in [-0.05, 0) is 35.8 Å². The zero-order valence-electron chi connectivity index (χ0n) is 12.1. The molecule has 1 rings (SSSR count). The molecule has 0 aliphatic heterocycles. The molecule has 0 aliphatic rings. The van der Waals surface area contributed by atoms with Crippen molar-refractivity contribution >= 4 is 0 Å². The highest BCUT2D eigenvalue weighted by atomic mass is 16.3. The molecule has 0 amide bonds. The minimum absolute atomic E-state index is 0.180. The van der Waals surface area contributed by atoms with Crippen molar-refractivity contribution in [1.82, 2.24) is 0 Å². The van der Waals surface area contributed by atoms with Crippen LogP contribution in [-0.2, 0) is 6.42 Å². The van der Waals surface area contributed by atoms with Gasteiger partial charge in [-0.3, -0.25) is 0 Å². The Balaban J connectivity index is 2.66. The van der Waals surface area contributed by atoms with E-state index in [4.69, 9.17) is 5.73 Å². The van der Waals surface area contributed by atoms with Gasteiger partial charge in [0.25, 0.3) is 0 Å². The van der Waals surface area contributed by atoms with Crippen LogP contribution < -0.4 is 5.73 Å². The van der Waals surface area contributed by atoms with Crippen LogP contribution in [0.1, 0.15) is 51.3 Å². The molecule has 0 heterocycles. The molecular weight excluding hydrogens is 222 g/mol. The highest BCUT2D eigenvalue weighted by Gasteiger charge is 2.17. The number of rotatable bonds is 6. The second kappa shape index (κ2) is 6.91. The van der Waals surface area contributed by atoms with Crippen molar-refractivity contribution in [3.63, 3.8) is 0 Å². The summed E-state index contributed by atoms with van der Waals surface area (Å²) in [5.74, 6) is 1.17. The maximum atomic E-state index is 10.2. The molecule has 18 heavy (non-hydrogen) atoms. The van der Waals surface area contributed by atoms with Crippen molar-refractivity contribution in [1.29, 1.82) is 0 Å². The van der Waals surface area contributed by atoms with Crippen LogP contribution in [0.15, 0.2) is 24.3 Å². The van der Waals surface area contributed by atoms with Crippen molar-refractivity contribution < 1.29 is 5.11 Å². The average Bonchev–Trinajstić information content (AvgIpc) is 2.27. The Morgan fingerprint density at radius 2 is 1.56 bits per heavy atom. The van der Waals surface area contributed by atoms with Crippen LogP contribution in [0, 0.1) is 11.8 Å². The molecule has 0 saturated carbocycles. The van der Waals surface area contributed by atoms with E-state index in [2.05, 4.69) is 39.8 Å². The van der Waals surface area contributed by atoms with Crippen molar-refractivity contribution in [2.24, 2.45) is 17.6 Å². The minimum atomic E-state index is -0.555. The fourth-order valence-electron chi connectivity index (χ4n) is 2.24. The molecule has 0 fully saturated rings. The minimum Gasteiger partial charge on any atom is -0.387 e. The summed E-state index contributed by atoms with van der Waals surface area (Å²) in [5.41, 5.74) is 8.26. The molecule has 0 spiro atoms. The lowest BCUT2D eigenvalue weighted by Gasteiger charge is -2.21. The predicted molar refractivity (Wildman–Crippen MR) is 77.4 cm³/mol. The van der Waals surface area contributed by atoms with Crippen molar-refractivity contribution in [3.8, 4) is 0 Å². The van der Waals surface area contributed by atoms with E-state index < -0.39 is 6.10 Å². The lowest BCUT2D eigenvalue weighted by molar-refractivity contribution is 0.136. The van der Waals surface area contributed by atoms with Gasteiger partial charge in [-0.15, -0.1) is 0 Å². The maximum Gasteiger partial charge on any atom is 0.0940 e. The Kier molecular flexibility index (Phi) is 5.83. The lowest BCUT2D eigenvalue weighted by atomic mass is 9.94. The van der Waals surface area contributed by atoms with Crippen LogP contribution >= 0.6 is 0 Å². The lowest BCUT2D eigenvalue weighted by Crippen LogP contribution is -2.29. The third kappa shape index (κ3) is 4.79. The molecular formula is C16H27NO. The molecule has 0 aromatic heterocycles. The van der Waals surface area contributed by atoms with Gasteiger partial charge in [0.2, 0.25) is 0 Å². The Bertz CT molecular complexity index is 343. The van der Waals surface area contributed by atoms with Gasteiger partial charge in [0.05, 0.1) is 6.10 Å². The number of nitrogens with two attached hydrogens (primary N) is 1. The normalized spacial score (nSPS) is 15.1. The van der Waals surface area contributed by atoms with E-state index in [9.17, 15) is 5.11 Å². The molecule has 0 radical (unpaired) electrons. The zero-order chi connectivity index (χ0) is 13.7. The van der Waals surface area contributed by atoms with Gasteiger partial charge >= 0.3 is 0 Å². The van der Waals surface area contributed by atoms with Crippen LogP contribution in [0.3, 0.4) is 0 Å². The van der Waals surface area contributed by atoms with Crippen LogP contribution in [0.2, 0.25) is 0 Å². The van der Waals surface area contributed by atoms with E-state index in [1.54, 1.807) is 0 Å². The van der Waals surface area contributed by atoms with Crippen molar-refractivity contribution in [3.05, 3.63) is 35.4 Å². The number of hydrogen-bond donors (Lipinski definition) is 2. The first-order valence-corrected chi connectivity index (χ1v) is 6.92. The molecule has 0 saturated heterocycles. The fraction of sp³-hybridized carbons (Fsp3) is 0.625. The Morgan fingerprint density at radius 1 is 1.00 bits per heavy atom. The zero-order valence-corrected chi connectivity index (χ0v) is 12.1. The summed E-state index contributed by atoms with van der Waals surface area (Å²) in [6.45, 7) is 8.67. The quantitative estimate of drug-likeness (QED) is 0.812. The predicted octanol–water partition coefficient (Wildman–Crippen LogP) is 3.29. The number of aliphatic hydroxyl groups excluding tert-OH is 1. The van der Waals surface area contributed by atoms with Crippen molar-refractivity contribution in [2.45, 2.75) is 52.7 Å². The first kappa shape index (κ1) is 15.2. The smallest absolute Gasteiger partial charge is 0.0940 e. The van der Waals surface area contributed by atoms with Gasteiger partial charge in [-0.2, -0.15) is 0 Å². The van der Waals surface area contributed by atoms with E-state index in [1.165, 1.54) is 5.56 Å². The second-order valence-corrected chi connectivity index (χ2v) is 6.08. The third-order valence-electron chi connectivity index (χ3n) is 3.11. The summed E-state index contributed by atoms with van der Waals surface area (Å²) in [6.07, 6.45) is 1.36. The van der Waals surface area contributed by atoms with Crippen LogP contribution in [-0.4, -0.2) is 11.1 Å². The van der Waals surface area contributed by atoms with Gasteiger partial charge in [0.15, 0.2) is 0 Å². The van der Waals surface area contributed by atoms with Crippen molar-refractivity contribution in [2.75, 3.05) is 0 Å². The third-order valence-corrected chi connectivity index (χ3v) is 3.11. The van der Waals surface area contributed by atoms with Gasteiger partial charge in [0.1, 0.15) is 0 Å². The van der Waals surface area contributed by atoms with Crippen LogP contribution in [0.4, 0.5) is 0 Å². The van der Waals surface area contributed by atoms with Gasteiger partial charge in [0, 0.05) is 6.04 Å². The Hall–Kier alpha value is -0.860. The summed E-state index contributed by atoms with van der Waals surface area (Å²) in [4.78, 5) is 0. The summed E-state index contributed by atoms with van der Waals surface area (Å²) in [6, 6.07) is 8.02. The first-order valence-electron chi connectivity index (χ1n) is 6.92. The Morgan fingerprint density at radius 3 is 2.00 bits per heavy atom. The number of benzene rings is 1. The molecule has 2 atom stereocenters. The molecule has 0 aliphatic carbocycles. The first-order chi connectivity index (χ1) is 8.40. The van der Waals surface area contributed by atoms with Gasteiger partial charge < -0.3 is 10.8 Å². The standard InChI is InChI=1S/C16H27NO/c1-11(2)9-13-5-7-14(8-6-13)16(18)15(17)10-12(3)4/h5-8,11-12,15-16,18H,9-10,17H2,1-4H3. The monoisotopic (exact) mass is 249 g/mol. The SMILES string of the molecule is CC(C)Cc1ccc(C(O)C(N)CC(C)C)cc1. The maximum absolute atomic E-state index is 10.2. The molecule has 3 N–H and O–H groups in total. The topological polar surface area (TPSA) is 46.2 Å². The summed E-state index contributed by atoms with van der Waals surface area (Å²) < 4.78 is 0.